The van der Waals surface area contributed by atoms with E-state index in [1.807, 2.05) is 0 Å². The summed E-state index contributed by atoms with van der Waals surface area (Å²) in [5, 5.41) is -0.305. The smallest absolute Gasteiger partial charge is 0.418 e. The number of carbonyl (C=O) groups is 1. The molecule has 1 N–H and O–H groups in total. The van der Waals surface area contributed by atoms with Crippen LogP contribution in [0.25, 0.3) is 10.9 Å². The number of aromatic amines is 1. The first-order valence-electron chi connectivity index (χ1n) is 6.39. The van der Waals surface area contributed by atoms with Crippen LogP contribution in [0.5, 0.6) is 0 Å². The minimum Gasteiger partial charge on any atom is -0.462 e. The minimum absolute atomic E-state index is 0.0203. The second-order valence-electron chi connectivity index (χ2n) is 4.49. The number of H-pyrrole nitrogens is 1. The van der Waals surface area contributed by atoms with Crippen molar-refractivity contribution in [1.82, 2.24) is 4.98 Å². The van der Waals surface area contributed by atoms with E-state index in [2.05, 4.69) is 4.98 Å². The summed E-state index contributed by atoms with van der Waals surface area (Å²) < 4.78 is 44.0. The third-order valence-electron chi connectivity index (χ3n) is 3.07. The highest BCUT2D eigenvalue weighted by molar-refractivity contribution is 6.44. The maximum absolute atomic E-state index is 13.1. The summed E-state index contributed by atoms with van der Waals surface area (Å²) in [4.78, 5) is 25.3. The van der Waals surface area contributed by atoms with Crippen molar-refractivity contribution in [2.45, 2.75) is 17.9 Å². The van der Waals surface area contributed by atoms with E-state index in [-0.39, 0.29) is 17.7 Å². The van der Waals surface area contributed by atoms with Crippen LogP contribution in [0.3, 0.4) is 0 Å². The van der Waals surface area contributed by atoms with E-state index in [9.17, 15) is 22.8 Å². The average Bonchev–Trinajstić information content (AvgIpc) is 2.45. The van der Waals surface area contributed by atoms with Gasteiger partial charge in [-0.15, -0.1) is 0 Å². The number of para-hydroxylation sites is 1. The summed E-state index contributed by atoms with van der Waals surface area (Å²) in [5.41, 5.74) is -3.31. The molecule has 0 spiro atoms. The minimum atomic E-state index is -4.70. The Kier molecular flexibility index (Phi) is 4.91. The highest BCUT2D eigenvalue weighted by Gasteiger charge is 2.34. The predicted molar refractivity (Wildman–Crippen MR) is 80.0 cm³/mol. The number of ether oxygens (including phenoxy) is 1. The predicted octanol–water partition coefficient (Wildman–Crippen LogP) is 4.20. The zero-order valence-electron chi connectivity index (χ0n) is 11.6. The quantitative estimate of drug-likeness (QED) is 0.653. The number of aromatic nitrogens is 1. The van der Waals surface area contributed by atoms with E-state index in [1.165, 1.54) is 13.0 Å². The Morgan fingerprint density at radius 2 is 2.00 bits per heavy atom. The summed E-state index contributed by atoms with van der Waals surface area (Å²) in [6.45, 7) is 1.50. The van der Waals surface area contributed by atoms with Gasteiger partial charge in [0.05, 0.1) is 23.4 Å². The van der Waals surface area contributed by atoms with Gasteiger partial charge in [-0.05, 0) is 19.1 Å². The second-order valence-corrected chi connectivity index (χ2v) is 5.59. The van der Waals surface area contributed by atoms with Crippen molar-refractivity contribution in [3.63, 3.8) is 0 Å². The number of alkyl halides is 5. The first-order valence-corrected chi connectivity index (χ1v) is 7.27. The standard InChI is InChI=1S/C14H10Cl2F3NO3/c1-2-23-13(22)8-10(12(15)16)20-9-6(11(8)21)4-3-5-7(9)14(17,18)19/h3-5,12H,2H2,1H3,(H,20,21). The molecule has 0 aliphatic rings. The molecule has 1 heterocycles. The van der Waals surface area contributed by atoms with Gasteiger partial charge in [-0.2, -0.15) is 13.2 Å². The summed E-state index contributed by atoms with van der Waals surface area (Å²) in [6.07, 6.45) is -4.70. The molecule has 0 atom stereocenters. The van der Waals surface area contributed by atoms with E-state index >= 15 is 0 Å². The fraction of sp³-hybridized carbons (Fsp3) is 0.286. The van der Waals surface area contributed by atoms with Crippen molar-refractivity contribution in [3.8, 4) is 0 Å². The summed E-state index contributed by atoms with van der Waals surface area (Å²) in [5.74, 6) is -1.01. The van der Waals surface area contributed by atoms with Crippen LogP contribution >= 0.6 is 23.2 Å². The Morgan fingerprint density at radius 3 is 2.52 bits per heavy atom. The summed E-state index contributed by atoms with van der Waals surface area (Å²) in [6, 6.07) is 3.06. The van der Waals surface area contributed by atoms with E-state index in [4.69, 9.17) is 27.9 Å². The number of carbonyl (C=O) groups excluding carboxylic acids is 1. The number of pyridine rings is 1. The largest absolute Gasteiger partial charge is 0.462 e. The molecule has 1 aromatic heterocycles. The maximum Gasteiger partial charge on any atom is 0.418 e. The molecule has 2 aromatic rings. The normalized spacial score (nSPS) is 12.0. The molecule has 9 heteroatoms. The molecule has 0 saturated carbocycles. The van der Waals surface area contributed by atoms with Gasteiger partial charge in [-0.3, -0.25) is 4.79 Å². The first kappa shape index (κ1) is 17.6. The number of benzene rings is 1. The van der Waals surface area contributed by atoms with Gasteiger partial charge in [0.25, 0.3) is 0 Å². The molecule has 0 aliphatic heterocycles. The highest BCUT2D eigenvalue weighted by atomic mass is 35.5. The maximum atomic E-state index is 13.1. The zero-order valence-corrected chi connectivity index (χ0v) is 13.1. The van der Waals surface area contributed by atoms with Gasteiger partial charge in [0, 0.05) is 5.39 Å². The van der Waals surface area contributed by atoms with E-state index in [0.717, 1.165) is 12.1 Å². The number of halogens is 5. The first-order chi connectivity index (χ1) is 10.7. The molecular formula is C14H10Cl2F3NO3. The van der Waals surface area contributed by atoms with Crippen molar-refractivity contribution in [2.75, 3.05) is 6.61 Å². The number of esters is 1. The molecule has 0 radical (unpaired) electrons. The van der Waals surface area contributed by atoms with Crippen LogP contribution in [0.2, 0.25) is 0 Å². The molecule has 4 nitrogen and oxygen atoms in total. The fourth-order valence-corrected chi connectivity index (χ4v) is 2.46. The molecule has 0 unspecified atom stereocenters. The van der Waals surface area contributed by atoms with E-state index in [0.29, 0.717) is 0 Å². The van der Waals surface area contributed by atoms with E-state index in [1.54, 1.807) is 0 Å². The Morgan fingerprint density at radius 1 is 1.35 bits per heavy atom. The molecule has 23 heavy (non-hydrogen) atoms. The molecule has 124 valence electrons. The lowest BCUT2D eigenvalue weighted by Crippen LogP contribution is -2.23. The molecule has 0 fully saturated rings. The molecule has 0 aliphatic carbocycles. The Labute approximate surface area is 138 Å². The van der Waals surface area contributed by atoms with Crippen LogP contribution in [-0.2, 0) is 10.9 Å². The van der Waals surface area contributed by atoms with Gasteiger partial charge < -0.3 is 9.72 Å². The van der Waals surface area contributed by atoms with Gasteiger partial charge in [0.1, 0.15) is 10.4 Å². The van der Waals surface area contributed by atoms with Crippen LogP contribution in [-0.4, -0.2) is 17.6 Å². The molecular weight excluding hydrogens is 358 g/mol. The zero-order chi connectivity index (χ0) is 17.4. The number of fused-ring (bicyclic) bond motifs is 1. The third kappa shape index (κ3) is 3.30. The molecule has 1 aromatic carbocycles. The van der Waals surface area contributed by atoms with Crippen molar-refractivity contribution in [3.05, 3.63) is 45.2 Å². The van der Waals surface area contributed by atoms with Crippen molar-refractivity contribution < 1.29 is 22.7 Å². The Balaban J connectivity index is 2.91. The SMILES string of the molecule is CCOC(=O)c1c(C(Cl)Cl)[nH]c2c(C(F)(F)F)cccc2c1=O. The Bertz CT molecular complexity index is 815. The highest BCUT2D eigenvalue weighted by Crippen LogP contribution is 2.35. The number of nitrogens with one attached hydrogen (secondary N) is 1. The van der Waals surface area contributed by atoms with Crippen molar-refractivity contribution >= 4 is 40.1 Å². The van der Waals surface area contributed by atoms with Crippen LogP contribution in [0.15, 0.2) is 23.0 Å². The van der Waals surface area contributed by atoms with Gasteiger partial charge in [0.15, 0.2) is 0 Å². The van der Waals surface area contributed by atoms with Gasteiger partial charge in [-0.25, -0.2) is 4.79 Å². The fourth-order valence-electron chi connectivity index (χ4n) is 2.14. The number of hydrogen-bond acceptors (Lipinski definition) is 3. The van der Waals surface area contributed by atoms with Crippen molar-refractivity contribution in [1.29, 1.82) is 0 Å². The molecule has 0 bridgehead atoms. The lowest BCUT2D eigenvalue weighted by atomic mass is 10.0. The monoisotopic (exact) mass is 367 g/mol. The van der Waals surface area contributed by atoms with Crippen molar-refractivity contribution in [2.24, 2.45) is 0 Å². The number of hydrogen-bond donors (Lipinski definition) is 1. The summed E-state index contributed by atoms with van der Waals surface area (Å²) >= 11 is 11.4. The van der Waals surface area contributed by atoms with Gasteiger partial charge >= 0.3 is 12.1 Å². The summed E-state index contributed by atoms with van der Waals surface area (Å²) in [7, 11) is 0. The lowest BCUT2D eigenvalue weighted by molar-refractivity contribution is -0.136. The molecule has 2 rings (SSSR count). The number of rotatable bonds is 3. The topological polar surface area (TPSA) is 59.2 Å². The van der Waals surface area contributed by atoms with Crippen LogP contribution in [0.4, 0.5) is 13.2 Å². The van der Waals surface area contributed by atoms with E-state index < -0.39 is 39.1 Å². The third-order valence-corrected chi connectivity index (χ3v) is 3.50. The molecule has 0 amide bonds. The van der Waals surface area contributed by atoms with Gasteiger partial charge in [0.2, 0.25) is 5.43 Å². The molecule has 0 saturated heterocycles. The van der Waals surface area contributed by atoms with Gasteiger partial charge in [-0.1, -0.05) is 29.3 Å². The van der Waals surface area contributed by atoms with Crippen LogP contribution in [0, 0.1) is 0 Å². The lowest BCUT2D eigenvalue weighted by Gasteiger charge is -2.14. The average molecular weight is 368 g/mol. The van der Waals surface area contributed by atoms with Crippen LogP contribution in [0.1, 0.15) is 33.4 Å². The second kappa shape index (κ2) is 6.41. The Hall–Kier alpha value is -1.73. The van der Waals surface area contributed by atoms with Crippen LogP contribution < -0.4 is 5.43 Å².